The predicted octanol–water partition coefficient (Wildman–Crippen LogP) is 25.0. The second kappa shape index (κ2) is 37.9. The average molecular weight is 1750 g/mol. The number of oxime groups is 2. The summed E-state index contributed by atoms with van der Waals surface area (Å²) in [6.45, 7) is 12.1. The number of carbonyl (C=O) groups excluding carboxylic acids is 6. The van der Waals surface area contributed by atoms with Gasteiger partial charge in [0.15, 0.2) is 42.8 Å². The van der Waals surface area contributed by atoms with E-state index in [0.29, 0.717) is 113 Å². The molecule has 12 aromatic rings. The molecule has 0 N–H and O–H groups in total. The van der Waals surface area contributed by atoms with Gasteiger partial charge in [0, 0.05) is 115 Å². The van der Waals surface area contributed by atoms with Crippen LogP contribution < -0.4 is 14.2 Å². The number of aromatic nitrogens is 2. The van der Waals surface area contributed by atoms with Gasteiger partial charge in [-0.05, 0) is 184 Å². The van der Waals surface area contributed by atoms with E-state index in [0.717, 1.165) is 135 Å². The maximum Gasteiger partial charge on any atom is 0.422 e. The number of rotatable bonds is 37. The lowest BCUT2D eigenvalue weighted by Gasteiger charge is -2.32. The van der Waals surface area contributed by atoms with E-state index in [9.17, 15) is 71.1 Å². The second-order valence-electron chi connectivity index (χ2n) is 31.9. The first-order valence-electron chi connectivity index (χ1n) is 41.1. The van der Waals surface area contributed by atoms with Crippen LogP contribution in [0.3, 0.4) is 0 Å². The third-order valence-electron chi connectivity index (χ3n) is 22.7. The summed E-state index contributed by atoms with van der Waals surface area (Å²) in [6.07, 6.45) is -7.05. The van der Waals surface area contributed by atoms with Crippen molar-refractivity contribution in [2.24, 2.45) is 22.1 Å². The Hall–Kier alpha value is -12.3. The molecule has 2 atom stereocenters. The summed E-state index contributed by atoms with van der Waals surface area (Å²) in [5.41, 5.74) is 6.36. The van der Waals surface area contributed by atoms with Gasteiger partial charge >= 0.3 is 48.5 Å². The minimum atomic E-state index is -6.62. The molecule has 10 aromatic carbocycles. The minimum Gasteiger partial charge on any atom is -0.486 e. The Labute approximate surface area is 715 Å². The molecule has 126 heavy (non-hydrogen) atoms. The Morgan fingerprint density at radius 1 is 0.421 bits per heavy atom. The molecule has 0 radical (unpaired) electrons. The molecule has 0 fully saturated rings. The summed E-state index contributed by atoms with van der Waals surface area (Å²) in [5, 5.41) is 12.3. The van der Waals surface area contributed by atoms with Crippen LogP contribution in [0.1, 0.15) is 189 Å². The lowest BCUT2D eigenvalue weighted by Crippen LogP contribution is -2.59. The van der Waals surface area contributed by atoms with Gasteiger partial charge in [-0.1, -0.05) is 160 Å². The van der Waals surface area contributed by atoms with Crippen molar-refractivity contribution < 1.29 is 114 Å². The lowest BCUT2D eigenvalue weighted by molar-refractivity contribution is -0.342. The molecule has 29 heteroatoms. The van der Waals surface area contributed by atoms with E-state index >= 15 is 19.2 Å². The number of Topliss-reactive ketones (excluding diaryl/α,β-unsaturated/α-hetero) is 2. The van der Waals surface area contributed by atoms with E-state index in [4.69, 9.17) is 23.9 Å². The number of aryl methyl sites for hydroxylation is 6. The Morgan fingerprint density at radius 3 is 1.32 bits per heavy atom. The molecule has 0 saturated carbocycles. The van der Waals surface area contributed by atoms with Crippen molar-refractivity contribution >= 4 is 112 Å². The number of hydrogen-bond donors (Lipinski definition) is 0. The molecule has 0 spiro atoms. The number of halogens is 14. The maximum atomic E-state index is 15.7. The molecular formula is C97H90F14N4O11. The fourth-order valence-corrected chi connectivity index (χ4v) is 16.7. The second-order valence-corrected chi connectivity index (χ2v) is 31.9. The fraction of sp³-hybridized carbons (Fsp3) is 0.340. The Balaban J connectivity index is 0.844. The average Bonchev–Trinajstić information content (AvgIpc) is 1.56. The molecule has 0 aliphatic carbocycles. The van der Waals surface area contributed by atoms with Crippen LogP contribution in [-0.2, 0) is 38.8 Å². The van der Waals surface area contributed by atoms with Crippen LogP contribution in [0.25, 0.3) is 65.2 Å². The molecule has 15 nitrogen and oxygen atoms in total. The summed E-state index contributed by atoms with van der Waals surface area (Å²) in [7, 11) is 0. The van der Waals surface area contributed by atoms with Gasteiger partial charge in [0.05, 0.1) is 16.6 Å². The smallest absolute Gasteiger partial charge is 0.422 e. The molecule has 662 valence electrons. The normalized spacial score (nSPS) is 13.2. The minimum absolute atomic E-state index is 0.0354. The van der Waals surface area contributed by atoms with Crippen LogP contribution in [-0.4, -0.2) is 112 Å². The summed E-state index contributed by atoms with van der Waals surface area (Å²) >= 11 is 0. The van der Waals surface area contributed by atoms with E-state index in [1.165, 1.54) is 24.3 Å². The first-order chi connectivity index (χ1) is 59.6. The Morgan fingerprint density at radius 2 is 0.857 bits per heavy atom. The van der Waals surface area contributed by atoms with Crippen LogP contribution in [0.4, 0.5) is 61.5 Å². The largest absolute Gasteiger partial charge is 0.486 e. The van der Waals surface area contributed by atoms with Gasteiger partial charge in [-0.15, -0.1) is 0 Å². The zero-order valence-corrected chi connectivity index (χ0v) is 70.5. The summed E-state index contributed by atoms with van der Waals surface area (Å²) < 4.78 is 214. The summed E-state index contributed by atoms with van der Waals surface area (Å²) in [4.78, 5) is 95.6. The first kappa shape index (κ1) is 92.9. The highest BCUT2D eigenvalue weighted by molar-refractivity contribution is 6.53. The topological polar surface area (TPSA) is 183 Å². The molecule has 0 saturated heterocycles. The van der Waals surface area contributed by atoms with Crippen molar-refractivity contribution in [2.45, 2.75) is 183 Å². The van der Waals surface area contributed by atoms with Gasteiger partial charge in [0.25, 0.3) is 0 Å². The monoisotopic (exact) mass is 1750 g/mol. The van der Waals surface area contributed by atoms with E-state index < -0.39 is 120 Å². The molecule has 2 heterocycles. The van der Waals surface area contributed by atoms with Gasteiger partial charge in [0.2, 0.25) is 11.6 Å². The van der Waals surface area contributed by atoms with Gasteiger partial charge < -0.3 is 33.0 Å². The number of alkyl halides is 14. The van der Waals surface area contributed by atoms with Crippen molar-refractivity contribution in [2.75, 3.05) is 19.8 Å². The van der Waals surface area contributed by atoms with Crippen molar-refractivity contribution in [3.05, 3.63) is 242 Å². The standard InChI is InChI=1S/C97H90F14N4O11/c1-11-14-24-60(12-2)48-114-78-37-33-63(88(118)84(112-125-58(9)116)70-31-22-23-32-80(70)123-50-93(100,101)97(110,111)96(108,109)92(98)99)43-72(78)75-47-77(67-28-19-21-30-69(67)86(75)114)91(121)83-56(7)41-62(42-57(83)8)26-17-15-16-25-61(13-3)49-115-79-38-34-64(89(119)85(113-126-59(10)117)71-36-35-65(122-51-94(102,103)104)45-81(71)124-52-95(105,106)107)44-73(79)74-46-76(66-27-18-20-29-68(66)87(74)115)90(120)82-54(5)39-53(4)40-55(82)6/h18-23,27-47,60-61,92H,11-17,24-26,48-52H2,1-10H3/b112-84+,113-85+. The van der Waals surface area contributed by atoms with Crippen molar-refractivity contribution in [1.29, 1.82) is 0 Å². The van der Waals surface area contributed by atoms with E-state index in [1.54, 1.807) is 30.3 Å². The molecule has 2 unspecified atom stereocenters. The van der Waals surface area contributed by atoms with E-state index in [2.05, 4.69) is 40.2 Å². The number of nitrogens with zero attached hydrogens (tertiary/aromatic N) is 4. The number of para-hydroxylation sites is 1. The number of fused-ring (bicyclic) bond motifs is 10. The van der Waals surface area contributed by atoms with Crippen LogP contribution in [0, 0.1) is 46.5 Å². The van der Waals surface area contributed by atoms with Gasteiger partial charge in [-0.3, -0.25) is 19.2 Å². The van der Waals surface area contributed by atoms with Crippen molar-refractivity contribution in [3.63, 3.8) is 0 Å². The number of hydrogen-bond acceptors (Lipinski definition) is 13. The van der Waals surface area contributed by atoms with E-state index in [1.807, 2.05) is 107 Å². The zero-order chi connectivity index (χ0) is 91.4. The van der Waals surface area contributed by atoms with E-state index in [-0.39, 0.29) is 34.5 Å². The van der Waals surface area contributed by atoms with Crippen LogP contribution >= 0.6 is 0 Å². The van der Waals surface area contributed by atoms with Gasteiger partial charge in [-0.2, -0.15) is 52.7 Å². The molecule has 0 amide bonds. The number of benzene rings is 10. The van der Waals surface area contributed by atoms with Crippen LogP contribution in [0.5, 0.6) is 17.2 Å². The molecular weight excluding hydrogens is 1660 g/mol. The van der Waals surface area contributed by atoms with Gasteiger partial charge in [0.1, 0.15) is 17.2 Å². The number of carbonyl (C=O) groups is 6. The molecule has 0 aliphatic heterocycles. The Bertz CT molecular complexity index is 6250. The van der Waals surface area contributed by atoms with Crippen molar-refractivity contribution in [3.8, 4) is 17.2 Å². The summed E-state index contributed by atoms with van der Waals surface area (Å²) in [6, 6.07) is 42.6. The number of ketones is 4. The third kappa shape index (κ3) is 19.7. The fourth-order valence-electron chi connectivity index (χ4n) is 16.7. The highest BCUT2D eigenvalue weighted by atomic mass is 19.4. The maximum absolute atomic E-state index is 15.7. The molecule has 0 aliphatic rings. The van der Waals surface area contributed by atoms with Gasteiger partial charge in [-0.25, -0.2) is 18.4 Å². The molecule has 0 bridgehead atoms. The number of unbranched alkanes of at least 4 members (excludes halogenated alkanes) is 3. The quantitative estimate of drug-likeness (QED) is 0.00902. The molecule has 2 aromatic heterocycles. The van der Waals surface area contributed by atoms with Crippen LogP contribution in [0.15, 0.2) is 174 Å². The lowest BCUT2D eigenvalue weighted by atomic mass is 9.88. The zero-order valence-electron chi connectivity index (χ0n) is 70.5. The Kier molecular flexibility index (Phi) is 27.9. The molecule has 12 rings (SSSR count). The highest BCUT2D eigenvalue weighted by Gasteiger charge is 2.75. The summed E-state index contributed by atoms with van der Waals surface area (Å²) in [5.74, 6) is -25.7. The number of ether oxygens (including phenoxy) is 3. The first-order valence-corrected chi connectivity index (χ1v) is 41.1. The highest BCUT2D eigenvalue weighted by Crippen LogP contribution is 2.50. The van der Waals surface area contributed by atoms with Crippen LogP contribution in [0.2, 0.25) is 0 Å². The third-order valence-corrected chi connectivity index (χ3v) is 22.7. The predicted molar refractivity (Wildman–Crippen MR) is 454 cm³/mol. The van der Waals surface area contributed by atoms with Crippen molar-refractivity contribution in [1.82, 2.24) is 9.13 Å². The SMILES string of the molecule is CCCCC(CC)Cn1c2ccc(C(=O)/C(=N/OC(C)=O)c3ccccc3OCC(F)(F)C(F)(F)C(F)(F)C(F)F)cc2c2cc(C(=O)c3c(C)cc(CCCCCC(CC)Cn4c5ccc(C(=O)/C(=N/OC(C)=O)c6ccc(OCC(F)(F)F)cc6OCC(F)(F)F)cc5c5cc(C(=O)c6c(C)cc(C)cc6C)c6ccccc6c54)cc3C)c3ccccc3c21.